The molecule has 0 radical (unpaired) electrons. The molecule has 2 aliphatic carbocycles. The van der Waals surface area contributed by atoms with E-state index >= 15 is 0 Å². The van der Waals surface area contributed by atoms with Crippen molar-refractivity contribution < 1.29 is 43.1 Å². The molecule has 3 fully saturated rings. The van der Waals surface area contributed by atoms with Crippen molar-refractivity contribution in [2.24, 2.45) is 11.8 Å². The van der Waals surface area contributed by atoms with E-state index in [1.807, 2.05) is 30.3 Å². The van der Waals surface area contributed by atoms with E-state index in [-0.39, 0.29) is 42.0 Å². The Morgan fingerprint density at radius 1 is 0.943 bits per heavy atom. The highest BCUT2D eigenvalue weighted by Gasteiger charge is 2.61. The molecular formula is C30H40INO3. The Balaban J connectivity index is 0.00000289. The highest BCUT2D eigenvalue weighted by atomic mass is 127. The van der Waals surface area contributed by atoms with E-state index in [0.29, 0.717) is 17.5 Å². The molecule has 5 heteroatoms. The number of likely N-dealkylation sites (tertiary alicyclic amines) is 1. The summed E-state index contributed by atoms with van der Waals surface area (Å²) in [5.41, 5.74) is 0.455. The Kier molecular flexibility index (Phi) is 8.29. The number of carbonyl (C=O) groups excluding carboxylic acids is 1. The number of quaternary nitrogens is 1. The molecule has 6 atom stereocenters. The molecule has 2 aromatic carbocycles. The maximum Gasteiger partial charge on any atom is 0.343 e. The molecule has 2 saturated carbocycles. The van der Waals surface area contributed by atoms with E-state index in [4.69, 9.17) is 4.74 Å². The zero-order valence-electron chi connectivity index (χ0n) is 21.1. The van der Waals surface area contributed by atoms with Crippen LogP contribution in [0.3, 0.4) is 0 Å². The van der Waals surface area contributed by atoms with Gasteiger partial charge in [-0.15, -0.1) is 0 Å². The Labute approximate surface area is 227 Å². The first kappa shape index (κ1) is 26.6. The van der Waals surface area contributed by atoms with Crippen molar-refractivity contribution >= 4 is 5.97 Å². The minimum atomic E-state index is -1.57. The molecule has 1 aliphatic heterocycles. The number of carbonyl (C=O) groups is 1. The fourth-order valence-electron chi connectivity index (χ4n) is 7.31. The lowest BCUT2D eigenvalue weighted by Gasteiger charge is -2.43. The molecule has 1 saturated heterocycles. The van der Waals surface area contributed by atoms with Crippen LogP contribution in [-0.4, -0.2) is 41.3 Å². The van der Waals surface area contributed by atoms with Gasteiger partial charge in [0.25, 0.3) is 0 Å². The average molecular weight is 590 g/mol. The third kappa shape index (κ3) is 4.80. The number of hydrogen-bond acceptors (Lipinski definition) is 3. The monoisotopic (exact) mass is 589 g/mol. The van der Waals surface area contributed by atoms with E-state index in [0.717, 1.165) is 49.6 Å². The van der Waals surface area contributed by atoms with Crippen molar-refractivity contribution in [3.63, 3.8) is 0 Å². The second-order valence-electron chi connectivity index (χ2n) is 11.2. The number of nitrogens with zero attached hydrogens (tertiary/aromatic N) is 1. The van der Waals surface area contributed by atoms with Crippen molar-refractivity contribution in [3.8, 4) is 0 Å². The number of fused-ring (bicyclic) bond motifs is 2. The van der Waals surface area contributed by atoms with Crippen LogP contribution >= 0.6 is 0 Å². The number of aliphatic hydroxyl groups is 1. The van der Waals surface area contributed by atoms with Gasteiger partial charge in [-0.3, -0.25) is 0 Å². The first-order valence-electron chi connectivity index (χ1n) is 13.3. The molecule has 190 valence electrons. The van der Waals surface area contributed by atoms with Crippen molar-refractivity contribution in [2.75, 3.05) is 13.6 Å². The topological polar surface area (TPSA) is 46.5 Å². The van der Waals surface area contributed by atoms with Gasteiger partial charge in [-0.2, -0.15) is 0 Å². The molecule has 2 bridgehead atoms. The molecule has 4 unspecified atom stereocenters. The van der Waals surface area contributed by atoms with E-state index in [1.54, 1.807) is 0 Å². The Morgan fingerprint density at radius 2 is 1.54 bits per heavy atom. The molecule has 35 heavy (non-hydrogen) atoms. The van der Waals surface area contributed by atoms with Crippen molar-refractivity contribution in [3.05, 3.63) is 71.8 Å². The lowest BCUT2D eigenvalue weighted by Crippen LogP contribution is -3.00. The van der Waals surface area contributed by atoms with Crippen LogP contribution in [0.4, 0.5) is 0 Å². The van der Waals surface area contributed by atoms with E-state index < -0.39 is 11.6 Å². The van der Waals surface area contributed by atoms with Crippen LogP contribution in [0.1, 0.15) is 75.5 Å². The number of hydrogen-bond donors (Lipinski definition) is 1. The van der Waals surface area contributed by atoms with Crippen LogP contribution in [0.25, 0.3) is 0 Å². The van der Waals surface area contributed by atoms with Gasteiger partial charge >= 0.3 is 5.97 Å². The van der Waals surface area contributed by atoms with E-state index in [9.17, 15) is 9.90 Å². The van der Waals surface area contributed by atoms with Crippen molar-refractivity contribution in [1.29, 1.82) is 0 Å². The molecule has 1 heterocycles. The van der Waals surface area contributed by atoms with Crippen LogP contribution in [0.2, 0.25) is 0 Å². The van der Waals surface area contributed by atoms with Crippen LogP contribution in [0, 0.1) is 11.8 Å². The van der Waals surface area contributed by atoms with Gasteiger partial charge in [0, 0.05) is 17.9 Å². The lowest BCUT2D eigenvalue weighted by molar-refractivity contribution is -0.954. The minimum absolute atomic E-state index is 0. The Bertz CT molecular complexity index is 978. The molecular weight excluding hydrogens is 549 g/mol. The second kappa shape index (κ2) is 10.9. The third-order valence-electron chi connectivity index (χ3n) is 9.44. The summed E-state index contributed by atoms with van der Waals surface area (Å²) >= 11 is 0. The molecule has 5 rings (SSSR count). The highest BCUT2D eigenvalue weighted by molar-refractivity contribution is 5.82. The van der Waals surface area contributed by atoms with Crippen LogP contribution in [-0.2, 0) is 15.1 Å². The predicted octanol–water partition coefficient (Wildman–Crippen LogP) is 2.76. The number of piperidine rings is 1. The number of likely N-dealkylation sites (N-methyl/N-ethyl adjacent to an activating group) is 1. The summed E-state index contributed by atoms with van der Waals surface area (Å²) in [5.74, 6) is -0.152. The van der Waals surface area contributed by atoms with Gasteiger partial charge in [-0.1, -0.05) is 86.3 Å². The van der Waals surface area contributed by atoms with Crippen molar-refractivity contribution in [2.45, 2.75) is 82.1 Å². The summed E-state index contributed by atoms with van der Waals surface area (Å²) in [6, 6.07) is 20.9. The smallest absolute Gasteiger partial charge is 0.343 e. The molecule has 1 N–H and O–H groups in total. The quantitative estimate of drug-likeness (QED) is 0.244. The SMILES string of the molecule is C[C@@H](c1ccccc1)[N+]1(C)CC2CC[C@@H]1C2OC(=O)C(O)(c1ccccc1)C1CCCCCC1.[I-]. The maximum atomic E-state index is 13.9. The van der Waals surface area contributed by atoms with Crippen LogP contribution < -0.4 is 24.0 Å². The van der Waals surface area contributed by atoms with E-state index in [1.165, 1.54) is 18.4 Å². The molecule has 0 amide bonds. The average Bonchev–Trinajstić information content (AvgIpc) is 3.22. The summed E-state index contributed by atoms with van der Waals surface area (Å²) in [6.07, 6.45) is 8.27. The van der Waals surface area contributed by atoms with Crippen molar-refractivity contribution in [1.82, 2.24) is 0 Å². The lowest BCUT2D eigenvalue weighted by atomic mass is 9.77. The first-order valence-corrected chi connectivity index (χ1v) is 13.3. The largest absolute Gasteiger partial charge is 1.00 e. The Morgan fingerprint density at radius 3 is 2.17 bits per heavy atom. The second-order valence-corrected chi connectivity index (χ2v) is 11.2. The van der Waals surface area contributed by atoms with Gasteiger partial charge in [0.2, 0.25) is 0 Å². The standard InChI is InChI=1S/C30H40NO3.HI/c1-22(23-13-7-5-8-14-23)31(2)21-24-19-20-27(31)28(24)34-29(32)30(33,26-17-11-6-12-18-26)25-15-9-3-4-10-16-25;/h5-8,11-14,17-18,22,24-25,27-28,33H,3-4,9-10,15-16,19-21H2,1-2H3;1H/q+1;/p-1/t22-,24?,27+,28?,30?,31?;/m0./s1. The number of esters is 1. The first-order chi connectivity index (χ1) is 16.4. The molecule has 0 aromatic heterocycles. The zero-order valence-corrected chi connectivity index (χ0v) is 23.3. The van der Waals surface area contributed by atoms with Gasteiger partial charge in [-0.05, 0) is 31.7 Å². The molecule has 0 spiro atoms. The fraction of sp³-hybridized carbons (Fsp3) is 0.567. The Hall–Kier alpha value is -1.44. The summed E-state index contributed by atoms with van der Waals surface area (Å²) < 4.78 is 7.29. The molecule has 4 nitrogen and oxygen atoms in total. The van der Waals surface area contributed by atoms with Gasteiger partial charge in [0.15, 0.2) is 11.7 Å². The fourth-order valence-corrected chi connectivity index (χ4v) is 7.31. The summed E-state index contributed by atoms with van der Waals surface area (Å²) in [4.78, 5) is 13.9. The normalized spacial score (nSPS) is 31.1. The minimum Gasteiger partial charge on any atom is -1.00 e. The molecule has 2 aromatic rings. The maximum absolute atomic E-state index is 13.9. The predicted molar refractivity (Wildman–Crippen MR) is 134 cm³/mol. The van der Waals surface area contributed by atoms with E-state index in [2.05, 4.69) is 44.3 Å². The summed E-state index contributed by atoms with van der Waals surface area (Å²) in [5, 5.41) is 12.1. The van der Waals surface area contributed by atoms with Crippen LogP contribution in [0.15, 0.2) is 60.7 Å². The highest BCUT2D eigenvalue weighted by Crippen LogP contribution is 2.50. The summed E-state index contributed by atoms with van der Waals surface area (Å²) in [7, 11) is 2.33. The number of rotatable bonds is 6. The number of benzene rings is 2. The van der Waals surface area contributed by atoms with Gasteiger partial charge in [-0.25, -0.2) is 4.79 Å². The third-order valence-corrected chi connectivity index (χ3v) is 9.44. The van der Waals surface area contributed by atoms with Gasteiger partial charge < -0.3 is 38.3 Å². The zero-order chi connectivity index (χ0) is 23.8. The van der Waals surface area contributed by atoms with Crippen LogP contribution in [0.5, 0.6) is 0 Å². The van der Waals surface area contributed by atoms with Gasteiger partial charge in [0.05, 0.1) is 19.5 Å². The molecule has 3 aliphatic rings. The van der Waals surface area contributed by atoms with Gasteiger partial charge in [0.1, 0.15) is 12.1 Å². The summed E-state index contributed by atoms with van der Waals surface area (Å²) in [6.45, 7) is 3.33. The number of ether oxygens (including phenoxy) is 1. The number of halogens is 1.